The highest BCUT2D eigenvalue weighted by Crippen LogP contribution is 2.43. The SMILES string of the molecule is CO[C@@]12CC[C@@H](NC(=O)c3cnoc3C)C[C@@H]1N(Cc1nccs1)CC2. The van der Waals surface area contributed by atoms with E-state index in [1.165, 1.54) is 6.20 Å². The predicted molar refractivity (Wildman–Crippen MR) is 97.0 cm³/mol. The van der Waals surface area contributed by atoms with Gasteiger partial charge in [0.2, 0.25) is 0 Å². The van der Waals surface area contributed by atoms with Crippen molar-refractivity contribution in [2.75, 3.05) is 13.7 Å². The number of nitrogens with zero attached hydrogens (tertiary/aromatic N) is 3. The Bertz CT molecular complexity index is 762. The lowest BCUT2D eigenvalue weighted by atomic mass is 9.78. The molecule has 1 amide bonds. The van der Waals surface area contributed by atoms with Crippen molar-refractivity contribution < 1.29 is 14.1 Å². The maximum absolute atomic E-state index is 12.5. The summed E-state index contributed by atoms with van der Waals surface area (Å²) >= 11 is 1.69. The van der Waals surface area contributed by atoms with E-state index < -0.39 is 0 Å². The standard InChI is InChI=1S/C18H24N4O3S/c1-12-14(10-20-25-12)17(23)21-13-3-4-18(24-2)5-7-22(15(18)9-13)11-16-19-6-8-26-16/h6,8,10,13,15H,3-5,7,9,11H2,1-2H3,(H,21,23)/t13-,15+,18-/m1/s1. The quantitative estimate of drug-likeness (QED) is 0.863. The molecule has 7 nitrogen and oxygen atoms in total. The summed E-state index contributed by atoms with van der Waals surface area (Å²) in [6.07, 6.45) is 7.13. The molecular formula is C18H24N4O3S. The number of nitrogens with one attached hydrogen (secondary N) is 1. The van der Waals surface area contributed by atoms with Gasteiger partial charge in [0.15, 0.2) is 0 Å². The number of hydrogen-bond acceptors (Lipinski definition) is 7. The fraction of sp³-hybridized carbons (Fsp3) is 0.611. The Labute approximate surface area is 156 Å². The lowest BCUT2D eigenvalue weighted by Gasteiger charge is -2.43. The molecule has 1 saturated heterocycles. The van der Waals surface area contributed by atoms with Crippen molar-refractivity contribution >= 4 is 17.2 Å². The minimum absolute atomic E-state index is 0.106. The van der Waals surface area contributed by atoms with E-state index in [1.54, 1.807) is 18.3 Å². The van der Waals surface area contributed by atoms with Gasteiger partial charge in [-0.05, 0) is 32.6 Å². The van der Waals surface area contributed by atoms with Crippen LogP contribution in [0.4, 0.5) is 0 Å². The summed E-state index contributed by atoms with van der Waals surface area (Å²) in [6, 6.07) is 0.418. The number of ether oxygens (including phenoxy) is 1. The molecule has 1 aliphatic carbocycles. The van der Waals surface area contributed by atoms with E-state index in [0.29, 0.717) is 17.4 Å². The van der Waals surface area contributed by atoms with E-state index >= 15 is 0 Å². The van der Waals surface area contributed by atoms with Crippen LogP contribution in [0.1, 0.15) is 46.8 Å². The number of thiazole rings is 1. The van der Waals surface area contributed by atoms with Crippen molar-refractivity contribution in [3.8, 4) is 0 Å². The second-order valence-corrected chi connectivity index (χ2v) is 8.15. The normalized spacial score (nSPS) is 28.8. The van der Waals surface area contributed by atoms with E-state index in [-0.39, 0.29) is 17.6 Å². The van der Waals surface area contributed by atoms with E-state index in [9.17, 15) is 4.79 Å². The van der Waals surface area contributed by atoms with E-state index in [2.05, 4.69) is 20.4 Å². The molecule has 2 aromatic rings. The van der Waals surface area contributed by atoms with Crippen LogP contribution in [0.25, 0.3) is 0 Å². The average Bonchev–Trinajstić information content (AvgIpc) is 3.37. The van der Waals surface area contributed by atoms with Gasteiger partial charge in [-0.25, -0.2) is 4.98 Å². The molecule has 26 heavy (non-hydrogen) atoms. The Balaban J connectivity index is 1.46. The van der Waals surface area contributed by atoms with Crippen molar-refractivity contribution in [3.63, 3.8) is 0 Å². The molecule has 4 rings (SSSR count). The van der Waals surface area contributed by atoms with Crippen LogP contribution in [0.5, 0.6) is 0 Å². The Morgan fingerprint density at radius 3 is 3.12 bits per heavy atom. The number of amides is 1. The van der Waals surface area contributed by atoms with E-state index in [4.69, 9.17) is 9.26 Å². The first-order chi connectivity index (χ1) is 12.6. The molecule has 1 N–H and O–H groups in total. The molecule has 0 radical (unpaired) electrons. The molecule has 0 bridgehead atoms. The minimum atomic E-state index is -0.108. The average molecular weight is 376 g/mol. The van der Waals surface area contributed by atoms with Crippen LogP contribution in [0.3, 0.4) is 0 Å². The van der Waals surface area contributed by atoms with E-state index in [1.807, 2.05) is 18.7 Å². The van der Waals surface area contributed by atoms with Crippen molar-refractivity contribution in [2.24, 2.45) is 0 Å². The third-order valence-electron chi connectivity index (χ3n) is 5.85. The van der Waals surface area contributed by atoms with E-state index in [0.717, 1.165) is 43.8 Å². The van der Waals surface area contributed by atoms with Crippen LogP contribution in [0, 0.1) is 6.92 Å². The number of aromatic nitrogens is 2. The van der Waals surface area contributed by atoms with Gasteiger partial charge in [0.05, 0.1) is 18.3 Å². The third kappa shape index (κ3) is 3.17. The number of aryl methyl sites for hydroxylation is 1. The van der Waals surface area contributed by atoms with Crippen LogP contribution < -0.4 is 5.32 Å². The van der Waals surface area contributed by atoms with Crippen molar-refractivity contribution in [2.45, 2.75) is 56.8 Å². The second-order valence-electron chi connectivity index (χ2n) is 7.17. The Morgan fingerprint density at radius 2 is 2.42 bits per heavy atom. The molecule has 2 fully saturated rings. The van der Waals surface area contributed by atoms with Gasteiger partial charge in [-0.15, -0.1) is 11.3 Å². The van der Waals surface area contributed by atoms with Gasteiger partial charge in [0.25, 0.3) is 5.91 Å². The first-order valence-electron chi connectivity index (χ1n) is 9.01. The summed E-state index contributed by atoms with van der Waals surface area (Å²) < 4.78 is 11.0. The largest absolute Gasteiger partial charge is 0.377 e. The molecule has 0 aromatic carbocycles. The minimum Gasteiger partial charge on any atom is -0.377 e. The van der Waals surface area contributed by atoms with Crippen molar-refractivity contribution in [1.29, 1.82) is 0 Å². The number of methoxy groups -OCH3 is 1. The Hall–Kier alpha value is -1.77. The Kier molecular flexibility index (Phi) is 4.81. The fourth-order valence-electron chi connectivity index (χ4n) is 4.39. The van der Waals surface area contributed by atoms with Gasteiger partial charge in [-0.1, -0.05) is 5.16 Å². The summed E-state index contributed by atoms with van der Waals surface area (Å²) in [6.45, 7) is 3.61. The third-order valence-corrected chi connectivity index (χ3v) is 6.62. The zero-order valence-corrected chi connectivity index (χ0v) is 15.9. The first kappa shape index (κ1) is 17.6. The highest BCUT2D eigenvalue weighted by Gasteiger charge is 2.51. The topological polar surface area (TPSA) is 80.5 Å². The number of rotatable bonds is 5. The maximum Gasteiger partial charge on any atom is 0.256 e. The molecular weight excluding hydrogens is 352 g/mol. The van der Waals surface area contributed by atoms with Gasteiger partial charge in [-0.2, -0.15) is 0 Å². The number of carbonyl (C=O) groups is 1. The number of likely N-dealkylation sites (tertiary alicyclic amines) is 1. The van der Waals surface area contributed by atoms with Gasteiger partial charge in [0.1, 0.15) is 16.3 Å². The summed E-state index contributed by atoms with van der Waals surface area (Å²) in [5, 5.41) is 10.0. The fourth-order valence-corrected chi connectivity index (χ4v) is 5.04. The molecule has 3 atom stereocenters. The zero-order valence-electron chi connectivity index (χ0n) is 15.1. The summed E-state index contributed by atoms with van der Waals surface area (Å²) in [4.78, 5) is 19.4. The second kappa shape index (κ2) is 7.09. The molecule has 3 heterocycles. The lowest BCUT2D eigenvalue weighted by molar-refractivity contribution is -0.0677. The maximum atomic E-state index is 12.5. The summed E-state index contributed by atoms with van der Waals surface area (Å²) in [5.74, 6) is 0.443. The number of carbonyl (C=O) groups excluding carboxylic acids is 1. The molecule has 0 spiro atoms. The van der Waals surface area contributed by atoms with Gasteiger partial charge in [-0.3, -0.25) is 9.69 Å². The predicted octanol–water partition coefficient (Wildman–Crippen LogP) is 2.38. The van der Waals surface area contributed by atoms with Crippen LogP contribution in [-0.2, 0) is 11.3 Å². The number of hydrogen-bond donors (Lipinski definition) is 1. The highest BCUT2D eigenvalue weighted by molar-refractivity contribution is 7.09. The molecule has 8 heteroatoms. The van der Waals surface area contributed by atoms with Gasteiger partial charge >= 0.3 is 0 Å². The van der Waals surface area contributed by atoms with Crippen molar-refractivity contribution in [3.05, 3.63) is 34.1 Å². The summed E-state index contributed by atoms with van der Waals surface area (Å²) in [5.41, 5.74) is 0.408. The van der Waals surface area contributed by atoms with Crippen LogP contribution >= 0.6 is 11.3 Å². The monoisotopic (exact) mass is 376 g/mol. The molecule has 1 aliphatic heterocycles. The highest BCUT2D eigenvalue weighted by atomic mass is 32.1. The first-order valence-corrected chi connectivity index (χ1v) is 9.89. The van der Waals surface area contributed by atoms with Gasteiger partial charge < -0.3 is 14.6 Å². The summed E-state index contributed by atoms with van der Waals surface area (Å²) in [7, 11) is 1.82. The molecule has 140 valence electrons. The lowest BCUT2D eigenvalue weighted by Crippen LogP contribution is -2.54. The molecule has 0 unspecified atom stereocenters. The van der Waals surface area contributed by atoms with Crippen molar-refractivity contribution in [1.82, 2.24) is 20.4 Å². The molecule has 2 aromatic heterocycles. The molecule has 2 aliphatic rings. The molecule has 1 saturated carbocycles. The van der Waals surface area contributed by atoms with Crippen LogP contribution in [-0.4, -0.2) is 52.3 Å². The van der Waals surface area contributed by atoms with Gasteiger partial charge in [0, 0.05) is 37.3 Å². The Morgan fingerprint density at radius 1 is 1.54 bits per heavy atom. The number of fused-ring (bicyclic) bond motifs is 1. The van der Waals surface area contributed by atoms with Crippen LogP contribution in [0.2, 0.25) is 0 Å². The van der Waals surface area contributed by atoms with Crippen LogP contribution in [0.15, 0.2) is 22.3 Å². The zero-order chi connectivity index (χ0) is 18.1. The smallest absolute Gasteiger partial charge is 0.256 e.